The maximum absolute atomic E-state index is 4.29. The van der Waals surface area contributed by atoms with Gasteiger partial charge in [-0.2, -0.15) is 0 Å². The summed E-state index contributed by atoms with van der Waals surface area (Å²) in [6, 6.07) is 7.82. The lowest BCUT2D eigenvalue weighted by atomic mass is 10.2. The van der Waals surface area contributed by atoms with Gasteiger partial charge in [-0.15, -0.1) is 0 Å². The lowest BCUT2D eigenvalue weighted by Crippen LogP contribution is -2.10. The molecule has 2 heterocycles. The highest BCUT2D eigenvalue weighted by Gasteiger charge is 2.07. The third-order valence-corrected chi connectivity index (χ3v) is 2.27. The first-order valence-electron chi connectivity index (χ1n) is 5.23. The highest BCUT2D eigenvalue weighted by molar-refractivity contribution is 5.29. The fraction of sp³-hybridized carbons (Fsp3) is 0.250. The standard InChI is InChI=1S/C12H14N4/c1-9-6-8-14-12(15-9)16-10(2)11-5-3-4-7-13-11/h3-8,10H,1-2H3,(H,14,15,16). The molecular formula is C12H14N4. The number of nitrogens with one attached hydrogen (secondary N) is 1. The number of hydrogen-bond acceptors (Lipinski definition) is 4. The summed E-state index contributed by atoms with van der Waals surface area (Å²) in [4.78, 5) is 12.7. The highest BCUT2D eigenvalue weighted by atomic mass is 15.1. The van der Waals surface area contributed by atoms with Crippen molar-refractivity contribution in [2.45, 2.75) is 19.9 Å². The summed E-state index contributed by atoms with van der Waals surface area (Å²) < 4.78 is 0. The van der Waals surface area contributed by atoms with E-state index >= 15 is 0 Å². The molecule has 1 N–H and O–H groups in total. The second kappa shape index (κ2) is 4.70. The van der Waals surface area contributed by atoms with Crippen LogP contribution in [0.4, 0.5) is 5.95 Å². The third-order valence-electron chi connectivity index (χ3n) is 2.27. The van der Waals surface area contributed by atoms with Crippen molar-refractivity contribution in [2.75, 3.05) is 5.32 Å². The van der Waals surface area contributed by atoms with Gasteiger partial charge in [0.15, 0.2) is 0 Å². The number of nitrogens with zero attached hydrogens (tertiary/aromatic N) is 3. The molecule has 0 bridgehead atoms. The van der Waals surface area contributed by atoms with E-state index < -0.39 is 0 Å². The largest absolute Gasteiger partial charge is 0.346 e. The van der Waals surface area contributed by atoms with E-state index in [1.165, 1.54) is 0 Å². The summed E-state index contributed by atoms with van der Waals surface area (Å²) in [7, 11) is 0. The number of aryl methyl sites for hydroxylation is 1. The Morgan fingerprint density at radius 2 is 2.00 bits per heavy atom. The summed E-state index contributed by atoms with van der Waals surface area (Å²) in [5, 5.41) is 3.21. The van der Waals surface area contributed by atoms with Crippen molar-refractivity contribution in [1.29, 1.82) is 0 Å². The van der Waals surface area contributed by atoms with Crippen LogP contribution >= 0.6 is 0 Å². The van der Waals surface area contributed by atoms with Gasteiger partial charge in [-0.05, 0) is 32.0 Å². The molecule has 4 heteroatoms. The topological polar surface area (TPSA) is 50.7 Å². The van der Waals surface area contributed by atoms with Gasteiger partial charge in [-0.3, -0.25) is 4.98 Å². The molecule has 82 valence electrons. The smallest absolute Gasteiger partial charge is 0.223 e. The van der Waals surface area contributed by atoms with Crippen LogP contribution in [0.1, 0.15) is 24.4 Å². The Labute approximate surface area is 94.8 Å². The van der Waals surface area contributed by atoms with Gasteiger partial charge in [0.2, 0.25) is 5.95 Å². The predicted octanol–water partition coefficient (Wildman–Crippen LogP) is 2.35. The Morgan fingerprint density at radius 3 is 2.69 bits per heavy atom. The Bertz CT molecular complexity index is 456. The molecule has 0 aliphatic rings. The second-order valence-electron chi connectivity index (χ2n) is 3.64. The van der Waals surface area contributed by atoms with Gasteiger partial charge in [0, 0.05) is 18.1 Å². The molecule has 0 spiro atoms. The van der Waals surface area contributed by atoms with Crippen molar-refractivity contribution in [2.24, 2.45) is 0 Å². The molecule has 16 heavy (non-hydrogen) atoms. The normalized spacial score (nSPS) is 12.1. The zero-order chi connectivity index (χ0) is 11.4. The van der Waals surface area contributed by atoms with Crippen LogP contribution in [0.3, 0.4) is 0 Å². The van der Waals surface area contributed by atoms with E-state index in [4.69, 9.17) is 0 Å². The highest BCUT2D eigenvalue weighted by Crippen LogP contribution is 2.13. The quantitative estimate of drug-likeness (QED) is 0.852. The summed E-state index contributed by atoms with van der Waals surface area (Å²) >= 11 is 0. The fourth-order valence-corrected chi connectivity index (χ4v) is 1.42. The second-order valence-corrected chi connectivity index (χ2v) is 3.64. The number of hydrogen-bond donors (Lipinski definition) is 1. The van der Waals surface area contributed by atoms with Crippen LogP contribution in [0.25, 0.3) is 0 Å². The third kappa shape index (κ3) is 2.53. The first-order valence-corrected chi connectivity index (χ1v) is 5.23. The summed E-state index contributed by atoms with van der Waals surface area (Å²) in [5.74, 6) is 0.637. The van der Waals surface area contributed by atoms with Crippen molar-refractivity contribution in [1.82, 2.24) is 15.0 Å². The predicted molar refractivity (Wildman–Crippen MR) is 63.0 cm³/mol. The molecule has 2 aromatic rings. The van der Waals surface area contributed by atoms with Crippen LogP contribution in [0.2, 0.25) is 0 Å². The number of pyridine rings is 1. The van der Waals surface area contributed by atoms with Crippen LogP contribution in [0.5, 0.6) is 0 Å². The maximum atomic E-state index is 4.29. The minimum Gasteiger partial charge on any atom is -0.346 e. The Kier molecular flexibility index (Phi) is 3.10. The fourth-order valence-electron chi connectivity index (χ4n) is 1.42. The molecule has 0 saturated carbocycles. The van der Waals surface area contributed by atoms with Crippen molar-refractivity contribution >= 4 is 5.95 Å². The molecule has 0 radical (unpaired) electrons. The molecule has 0 aliphatic carbocycles. The van der Waals surface area contributed by atoms with E-state index in [0.29, 0.717) is 5.95 Å². The van der Waals surface area contributed by atoms with Gasteiger partial charge in [0.05, 0.1) is 11.7 Å². The van der Waals surface area contributed by atoms with Crippen LogP contribution in [0.15, 0.2) is 36.7 Å². The SMILES string of the molecule is Cc1ccnc(NC(C)c2ccccn2)n1. The molecule has 2 rings (SSSR count). The van der Waals surface area contributed by atoms with Crippen LogP contribution in [-0.2, 0) is 0 Å². The van der Waals surface area contributed by atoms with Gasteiger partial charge < -0.3 is 5.32 Å². The Balaban J connectivity index is 2.11. The summed E-state index contributed by atoms with van der Waals surface area (Å²) in [5.41, 5.74) is 1.93. The van der Waals surface area contributed by atoms with Gasteiger partial charge in [0.25, 0.3) is 0 Å². The molecule has 4 nitrogen and oxygen atoms in total. The van der Waals surface area contributed by atoms with E-state index in [2.05, 4.69) is 20.3 Å². The summed E-state index contributed by atoms with van der Waals surface area (Å²) in [6.07, 6.45) is 3.53. The maximum Gasteiger partial charge on any atom is 0.223 e. The first-order chi connectivity index (χ1) is 7.75. The van der Waals surface area contributed by atoms with Crippen molar-refractivity contribution < 1.29 is 0 Å². The average Bonchev–Trinajstić information content (AvgIpc) is 2.30. The first kappa shape index (κ1) is 10.5. The van der Waals surface area contributed by atoms with Crippen molar-refractivity contribution in [3.05, 3.63) is 48.0 Å². The summed E-state index contributed by atoms with van der Waals surface area (Å²) in [6.45, 7) is 3.98. The lowest BCUT2D eigenvalue weighted by Gasteiger charge is -2.12. The lowest BCUT2D eigenvalue weighted by molar-refractivity contribution is 0.819. The van der Waals surface area contributed by atoms with E-state index in [1.807, 2.05) is 38.1 Å². The average molecular weight is 214 g/mol. The number of aromatic nitrogens is 3. The zero-order valence-corrected chi connectivity index (χ0v) is 9.38. The number of anilines is 1. The Hall–Kier alpha value is -1.97. The zero-order valence-electron chi connectivity index (χ0n) is 9.38. The van der Waals surface area contributed by atoms with Gasteiger partial charge >= 0.3 is 0 Å². The van der Waals surface area contributed by atoms with Crippen molar-refractivity contribution in [3.8, 4) is 0 Å². The van der Waals surface area contributed by atoms with Gasteiger partial charge in [-0.25, -0.2) is 9.97 Å². The minimum atomic E-state index is 0.1000. The van der Waals surface area contributed by atoms with Crippen LogP contribution in [0, 0.1) is 6.92 Å². The van der Waals surface area contributed by atoms with E-state index in [1.54, 1.807) is 12.4 Å². The molecular weight excluding hydrogens is 200 g/mol. The van der Waals surface area contributed by atoms with E-state index in [0.717, 1.165) is 11.4 Å². The molecule has 0 aliphatic heterocycles. The van der Waals surface area contributed by atoms with Gasteiger partial charge in [-0.1, -0.05) is 6.07 Å². The molecule has 0 aromatic carbocycles. The van der Waals surface area contributed by atoms with Gasteiger partial charge in [0.1, 0.15) is 0 Å². The van der Waals surface area contributed by atoms with Crippen LogP contribution < -0.4 is 5.32 Å². The molecule has 0 saturated heterocycles. The monoisotopic (exact) mass is 214 g/mol. The Morgan fingerprint density at radius 1 is 1.12 bits per heavy atom. The molecule has 2 aromatic heterocycles. The van der Waals surface area contributed by atoms with Crippen LogP contribution in [-0.4, -0.2) is 15.0 Å². The minimum absolute atomic E-state index is 0.1000. The molecule has 0 fully saturated rings. The molecule has 1 atom stereocenters. The molecule has 1 unspecified atom stereocenters. The van der Waals surface area contributed by atoms with E-state index in [-0.39, 0.29) is 6.04 Å². The number of rotatable bonds is 3. The van der Waals surface area contributed by atoms with E-state index in [9.17, 15) is 0 Å². The molecule has 0 amide bonds. The van der Waals surface area contributed by atoms with Crippen molar-refractivity contribution in [3.63, 3.8) is 0 Å².